The molecule has 0 saturated heterocycles. The van der Waals surface area contributed by atoms with Crippen molar-refractivity contribution in [1.82, 2.24) is 0 Å². The number of benzene rings is 1. The molecule has 0 N–H and O–H groups in total. The van der Waals surface area contributed by atoms with Gasteiger partial charge in [0, 0.05) is 12.2 Å². The summed E-state index contributed by atoms with van der Waals surface area (Å²) in [5.74, 6) is 0.745. The lowest BCUT2D eigenvalue weighted by Crippen LogP contribution is -2.26. The van der Waals surface area contributed by atoms with E-state index in [9.17, 15) is 13.2 Å². The van der Waals surface area contributed by atoms with Crippen LogP contribution in [-0.4, -0.2) is 16.5 Å². The lowest BCUT2D eigenvalue weighted by atomic mass is 10.1. The molecule has 1 aromatic carbocycles. The third kappa shape index (κ3) is 3.82. The standard InChI is InChI=1S/C13H13ClF3NOS/c1-12(8-14)6-11(18-19-12)20-7-9-3-2-4-10(5-9)13(15,16)17/h2-5H,6-8H2,1H3. The topological polar surface area (TPSA) is 21.6 Å². The van der Waals surface area contributed by atoms with Crippen LogP contribution in [-0.2, 0) is 16.8 Å². The predicted molar refractivity (Wildman–Crippen MR) is 75.0 cm³/mol. The first-order chi connectivity index (χ1) is 9.32. The van der Waals surface area contributed by atoms with Crippen LogP contribution in [0.25, 0.3) is 0 Å². The van der Waals surface area contributed by atoms with Gasteiger partial charge in [-0.15, -0.1) is 23.4 Å². The van der Waals surface area contributed by atoms with Crippen LogP contribution in [0.2, 0.25) is 0 Å². The van der Waals surface area contributed by atoms with Gasteiger partial charge >= 0.3 is 6.18 Å². The number of hydrogen-bond acceptors (Lipinski definition) is 3. The largest absolute Gasteiger partial charge is 0.416 e. The number of alkyl halides is 4. The summed E-state index contributed by atoms with van der Waals surface area (Å²) in [4.78, 5) is 5.22. The summed E-state index contributed by atoms with van der Waals surface area (Å²) in [5, 5.41) is 4.67. The number of nitrogens with zero attached hydrogens (tertiary/aromatic N) is 1. The molecule has 2 rings (SSSR count). The molecule has 0 saturated carbocycles. The van der Waals surface area contributed by atoms with E-state index in [0.29, 0.717) is 23.6 Å². The highest BCUT2D eigenvalue weighted by Gasteiger charge is 2.34. The Balaban J connectivity index is 1.96. The molecule has 0 bridgehead atoms. The smallest absolute Gasteiger partial charge is 0.387 e. The fourth-order valence-corrected chi connectivity index (χ4v) is 2.85. The van der Waals surface area contributed by atoms with E-state index >= 15 is 0 Å². The molecule has 1 aliphatic rings. The van der Waals surface area contributed by atoms with Crippen LogP contribution in [0.4, 0.5) is 13.2 Å². The Morgan fingerprint density at radius 3 is 2.80 bits per heavy atom. The molecule has 110 valence electrons. The van der Waals surface area contributed by atoms with E-state index in [0.717, 1.165) is 17.2 Å². The Morgan fingerprint density at radius 2 is 2.20 bits per heavy atom. The van der Waals surface area contributed by atoms with Crippen molar-refractivity contribution in [2.45, 2.75) is 30.9 Å². The molecule has 1 heterocycles. The Hall–Kier alpha value is -0.880. The maximum absolute atomic E-state index is 12.6. The highest BCUT2D eigenvalue weighted by Crippen LogP contribution is 2.33. The van der Waals surface area contributed by atoms with Crippen LogP contribution in [0.1, 0.15) is 24.5 Å². The minimum absolute atomic E-state index is 0.324. The molecule has 0 spiro atoms. The second kappa shape index (κ2) is 5.85. The van der Waals surface area contributed by atoms with Gasteiger partial charge in [0.1, 0.15) is 5.04 Å². The summed E-state index contributed by atoms with van der Waals surface area (Å²) in [6, 6.07) is 5.30. The van der Waals surface area contributed by atoms with Crippen LogP contribution >= 0.6 is 23.4 Å². The summed E-state index contributed by atoms with van der Waals surface area (Å²) < 4.78 is 37.8. The van der Waals surface area contributed by atoms with Crippen LogP contribution in [0.5, 0.6) is 0 Å². The van der Waals surface area contributed by atoms with Gasteiger partial charge in [0.05, 0.1) is 11.4 Å². The van der Waals surface area contributed by atoms with Gasteiger partial charge in [0.2, 0.25) is 0 Å². The number of halogens is 4. The number of oxime groups is 1. The summed E-state index contributed by atoms with van der Waals surface area (Å²) in [7, 11) is 0. The van der Waals surface area contributed by atoms with Gasteiger partial charge in [-0.05, 0) is 18.6 Å². The van der Waals surface area contributed by atoms with Crippen molar-refractivity contribution in [2.24, 2.45) is 5.16 Å². The molecule has 0 radical (unpaired) electrons. The molecule has 0 aliphatic carbocycles. The zero-order chi connectivity index (χ0) is 14.8. The molecular formula is C13H13ClF3NOS. The molecule has 1 unspecified atom stereocenters. The van der Waals surface area contributed by atoms with Gasteiger partial charge in [0.15, 0.2) is 5.60 Å². The molecule has 1 aromatic rings. The fraction of sp³-hybridized carbons (Fsp3) is 0.462. The maximum atomic E-state index is 12.6. The Labute approximate surface area is 124 Å². The first kappa shape index (κ1) is 15.5. The lowest BCUT2D eigenvalue weighted by Gasteiger charge is -2.16. The van der Waals surface area contributed by atoms with Crippen molar-refractivity contribution in [3.63, 3.8) is 0 Å². The summed E-state index contributed by atoms with van der Waals surface area (Å²) >= 11 is 7.14. The normalized spacial score (nSPS) is 22.6. The minimum atomic E-state index is -4.31. The second-order valence-corrected chi connectivity index (χ2v) is 6.14. The van der Waals surface area contributed by atoms with Crippen molar-refractivity contribution in [3.05, 3.63) is 35.4 Å². The van der Waals surface area contributed by atoms with Crippen LogP contribution in [0, 0.1) is 0 Å². The predicted octanol–water partition coefficient (Wildman–Crippen LogP) is 4.67. The van der Waals surface area contributed by atoms with Crippen LogP contribution < -0.4 is 0 Å². The molecule has 0 aromatic heterocycles. The SMILES string of the molecule is CC1(CCl)CC(SCc2cccc(C(F)(F)F)c2)=NO1. The van der Waals surface area contributed by atoms with E-state index in [4.69, 9.17) is 16.4 Å². The average Bonchev–Trinajstić information content (AvgIpc) is 2.79. The van der Waals surface area contributed by atoms with Gasteiger partial charge in [-0.1, -0.05) is 23.4 Å². The molecule has 0 amide bonds. The van der Waals surface area contributed by atoms with E-state index in [1.165, 1.54) is 17.8 Å². The Kier molecular flexibility index (Phi) is 4.54. The monoisotopic (exact) mass is 323 g/mol. The molecule has 0 fully saturated rings. The highest BCUT2D eigenvalue weighted by atomic mass is 35.5. The summed E-state index contributed by atoms with van der Waals surface area (Å²) in [6.45, 7) is 1.85. The van der Waals surface area contributed by atoms with Crippen molar-refractivity contribution < 1.29 is 18.0 Å². The van der Waals surface area contributed by atoms with E-state index in [2.05, 4.69) is 5.16 Å². The third-order valence-corrected chi connectivity index (χ3v) is 4.43. The lowest BCUT2D eigenvalue weighted by molar-refractivity contribution is -0.137. The molecule has 20 heavy (non-hydrogen) atoms. The van der Waals surface area contributed by atoms with Crippen LogP contribution in [0.3, 0.4) is 0 Å². The van der Waals surface area contributed by atoms with Gasteiger partial charge in [0.25, 0.3) is 0 Å². The first-order valence-corrected chi connectivity index (χ1v) is 7.44. The van der Waals surface area contributed by atoms with Crippen molar-refractivity contribution >= 4 is 28.4 Å². The maximum Gasteiger partial charge on any atom is 0.416 e. The minimum Gasteiger partial charge on any atom is -0.387 e. The molecule has 1 atom stereocenters. The number of rotatable bonds is 3. The zero-order valence-electron chi connectivity index (χ0n) is 10.7. The van der Waals surface area contributed by atoms with Crippen LogP contribution in [0.15, 0.2) is 29.4 Å². The second-order valence-electron chi connectivity index (χ2n) is 4.82. The molecular weight excluding hydrogens is 311 g/mol. The number of hydrogen-bond donors (Lipinski definition) is 0. The summed E-state index contributed by atoms with van der Waals surface area (Å²) in [6.07, 6.45) is -3.73. The van der Waals surface area contributed by atoms with E-state index in [1.807, 2.05) is 6.92 Å². The van der Waals surface area contributed by atoms with E-state index in [-0.39, 0.29) is 0 Å². The van der Waals surface area contributed by atoms with Gasteiger partial charge in [-0.25, -0.2) is 0 Å². The van der Waals surface area contributed by atoms with Crippen molar-refractivity contribution in [2.75, 3.05) is 5.88 Å². The zero-order valence-corrected chi connectivity index (χ0v) is 12.3. The van der Waals surface area contributed by atoms with Gasteiger partial charge < -0.3 is 4.84 Å². The van der Waals surface area contributed by atoms with E-state index < -0.39 is 17.3 Å². The number of thioether (sulfide) groups is 1. The van der Waals surface area contributed by atoms with E-state index in [1.54, 1.807) is 6.07 Å². The Morgan fingerprint density at radius 1 is 1.45 bits per heavy atom. The fourth-order valence-electron chi connectivity index (χ4n) is 1.70. The highest BCUT2D eigenvalue weighted by molar-refractivity contribution is 8.13. The van der Waals surface area contributed by atoms with Crippen molar-refractivity contribution in [1.29, 1.82) is 0 Å². The Bertz CT molecular complexity index is 521. The molecule has 2 nitrogen and oxygen atoms in total. The van der Waals surface area contributed by atoms with Gasteiger partial charge in [-0.3, -0.25) is 0 Å². The van der Waals surface area contributed by atoms with Crippen molar-refractivity contribution in [3.8, 4) is 0 Å². The van der Waals surface area contributed by atoms with Gasteiger partial charge in [-0.2, -0.15) is 13.2 Å². The molecule has 7 heteroatoms. The molecule has 1 aliphatic heterocycles. The quantitative estimate of drug-likeness (QED) is 0.754. The summed E-state index contributed by atoms with van der Waals surface area (Å²) in [5.41, 5.74) is -0.532. The first-order valence-electron chi connectivity index (χ1n) is 5.92. The third-order valence-electron chi connectivity index (χ3n) is 2.84. The average molecular weight is 324 g/mol.